The SMILES string of the molecule is Cc1ccc(-c2cc(OCCO)cc(C(=O)O)c2)cc1. The van der Waals surface area contributed by atoms with Gasteiger partial charge in [0.15, 0.2) is 0 Å². The number of hydrogen-bond donors (Lipinski definition) is 2. The van der Waals surface area contributed by atoms with Crippen LogP contribution in [0.4, 0.5) is 0 Å². The monoisotopic (exact) mass is 272 g/mol. The van der Waals surface area contributed by atoms with Crippen LogP contribution in [0.3, 0.4) is 0 Å². The maximum absolute atomic E-state index is 11.2. The normalized spacial score (nSPS) is 10.3. The van der Waals surface area contributed by atoms with Crippen molar-refractivity contribution in [2.45, 2.75) is 6.92 Å². The number of ether oxygens (including phenoxy) is 1. The van der Waals surface area contributed by atoms with Crippen LogP contribution in [0.5, 0.6) is 5.75 Å². The lowest BCUT2D eigenvalue weighted by Gasteiger charge is -2.09. The number of benzene rings is 2. The Kier molecular flexibility index (Phi) is 4.38. The van der Waals surface area contributed by atoms with Crippen LogP contribution >= 0.6 is 0 Å². The average molecular weight is 272 g/mol. The first kappa shape index (κ1) is 14.1. The Morgan fingerprint density at radius 1 is 1.10 bits per heavy atom. The van der Waals surface area contributed by atoms with E-state index in [1.165, 1.54) is 6.07 Å². The highest BCUT2D eigenvalue weighted by molar-refractivity contribution is 5.90. The van der Waals surface area contributed by atoms with Gasteiger partial charge in [0.1, 0.15) is 12.4 Å². The van der Waals surface area contributed by atoms with Gasteiger partial charge >= 0.3 is 5.97 Å². The fraction of sp³-hybridized carbons (Fsp3) is 0.188. The second-order valence-corrected chi connectivity index (χ2v) is 4.49. The Morgan fingerprint density at radius 3 is 2.40 bits per heavy atom. The van der Waals surface area contributed by atoms with Gasteiger partial charge in [0.05, 0.1) is 12.2 Å². The van der Waals surface area contributed by atoms with Gasteiger partial charge in [0, 0.05) is 0 Å². The molecule has 0 fully saturated rings. The van der Waals surface area contributed by atoms with Crippen LogP contribution in [0, 0.1) is 6.92 Å². The standard InChI is InChI=1S/C16H16O4/c1-11-2-4-12(5-3-11)13-8-14(16(18)19)10-15(9-13)20-7-6-17/h2-5,8-10,17H,6-7H2,1H3,(H,18,19). The minimum absolute atomic E-state index is 0.114. The highest BCUT2D eigenvalue weighted by Gasteiger charge is 2.09. The summed E-state index contributed by atoms with van der Waals surface area (Å²) in [5.41, 5.74) is 3.00. The van der Waals surface area contributed by atoms with Crippen LogP contribution in [0.15, 0.2) is 42.5 Å². The molecule has 0 unspecified atom stereocenters. The maximum Gasteiger partial charge on any atom is 0.335 e. The van der Waals surface area contributed by atoms with E-state index < -0.39 is 5.97 Å². The maximum atomic E-state index is 11.2. The lowest BCUT2D eigenvalue weighted by Crippen LogP contribution is -2.04. The number of aryl methyl sites for hydroxylation is 1. The zero-order valence-electron chi connectivity index (χ0n) is 11.2. The molecule has 2 aromatic carbocycles. The zero-order chi connectivity index (χ0) is 14.5. The van der Waals surface area contributed by atoms with Crippen molar-refractivity contribution in [3.8, 4) is 16.9 Å². The van der Waals surface area contributed by atoms with E-state index in [9.17, 15) is 4.79 Å². The highest BCUT2D eigenvalue weighted by atomic mass is 16.5. The minimum Gasteiger partial charge on any atom is -0.491 e. The Morgan fingerprint density at radius 2 is 1.80 bits per heavy atom. The first-order valence-corrected chi connectivity index (χ1v) is 6.29. The number of carboxylic acids is 1. The Balaban J connectivity index is 2.43. The predicted octanol–water partition coefficient (Wildman–Crippen LogP) is 2.73. The van der Waals surface area contributed by atoms with Crippen molar-refractivity contribution >= 4 is 5.97 Å². The topological polar surface area (TPSA) is 66.8 Å². The zero-order valence-corrected chi connectivity index (χ0v) is 11.2. The molecule has 20 heavy (non-hydrogen) atoms. The molecule has 0 aliphatic heterocycles. The third-order valence-electron chi connectivity index (χ3n) is 2.90. The number of aliphatic hydroxyl groups excluding tert-OH is 1. The molecular weight excluding hydrogens is 256 g/mol. The van der Waals surface area contributed by atoms with Crippen molar-refractivity contribution in [1.29, 1.82) is 0 Å². The van der Waals surface area contributed by atoms with Gasteiger partial charge in [-0.3, -0.25) is 0 Å². The van der Waals surface area contributed by atoms with Crippen LogP contribution in [-0.4, -0.2) is 29.4 Å². The molecule has 104 valence electrons. The first-order chi connectivity index (χ1) is 9.60. The van der Waals surface area contributed by atoms with E-state index in [1.807, 2.05) is 31.2 Å². The van der Waals surface area contributed by atoms with E-state index >= 15 is 0 Å². The lowest BCUT2D eigenvalue weighted by molar-refractivity contribution is 0.0696. The van der Waals surface area contributed by atoms with Gasteiger partial charge in [0.2, 0.25) is 0 Å². The summed E-state index contributed by atoms with van der Waals surface area (Å²) >= 11 is 0. The fourth-order valence-electron chi connectivity index (χ4n) is 1.88. The lowest BCUT2D eigenvalue weighted by atomic mass is 10.0. The number of carbonyl (C=O) groups is 1. The molecule has 0 radical (unpaired) electrons. The van der Waals surface area contributed by atoms with Crippen LogP contribution in [-0.2, 0) is 0 Å². The van der Waals surface area contributed by atoms with Gasteiger partial charge in [-0.2, -0.15) is 0 Å². The molecule has 0 atom stereocenters. The van der Waals surface area contributed by atoms with Crippen LogP contribution in [0.2, 0.25) is 0 Å². The van der Waals surface area contributed by atoms with Gasteiger partial charge < -0.3 is 14.9 Å². The second-order valence-electron chi connectivity index (χ2n) is 4.49. The summed E-state index contributed by atoms with van der Waals surface area (Å²) < 4.78 is 5.32. The van der Waals surface area contributed by atoms with E-state index in [4.69, 9.17) is 14.9 Å². The molecule has 2 N–H and O–H groups in total. The van der Waals surface area contributed by atoms with Crippen molar-refractivity contribution in [2.24, 2.45) is 0 Å². The van der Waals surface area contributed by atoms with Crippen molar-refractivity contribution in [1.82, 2.24) is 0 Å². The van der Waals surface area contributed by atoms with Crippen LogP contribution < -0.4 is 4.74 Å². The molecule has 0 bridgehead atoms. The molecule has 4 nitrogen and oxygen atoms in total. The summed E-state index contributed by atoms with van der Waals surface area (Å²) in [6.07, 6.45) is 0. The van der Waals surface area contributed by atoms with Crippen molar-refractivity contribution in [3.63, 3.8) is 0 Å². The minimum atomic E-state index is -1.01. The summed E-state index contributed by atoms with van der Waals surface area (Å²) in [6.45, 7) is 2.01. The number of aliphatic hydroxyl groups is 1. The summed E-state index contributed by atoms with van der Waals surface area (Å²) in [7, 11) is 0. The van der Waals surface area contributed by atoms with Gasteiger partial charge in [0.25, 0.3) is 0 Å². The molecular formula is C16H16O4. The molecule has 2 rings (SSSR count). The van der Waals surface area contributed by atoms with Crippen LogP contribution in [0.1, 0.15) is 15.9 Å². The molecule has 2 aromatic rings. The number of carboxylic acid groups (broad SMARTS) is 1. The van der Waals surface area contributed by atoms with E-state index in [-0.39, 0.29) is 18.8 Å². The number of aromatic carboxylic acids is 1. The molecule has 0 aliphatic rings. The number of hydrogen-bond acceptors (Lipinski definition) is 3. The number of rotatable bonds is 5. The smallest absolute Gasteiger partial charge is 0.335 e. The summed E-state index contributed by atoms with van der Waals surface area (Å²) in [5.74, 6) is -0.567. The molecule has 0 aliphatic carbocycles. The Bertz CT molecular complexity index is 602. The summed E-state index contributed by atoms with van der Waals surface area (Å²) in [5, 5.41) is 17.9. The molecule has 0 saturated carbocycles. The predicted molar refractivity (Wildman–Crippen MR) is 76.2 cm³/mol. The molecule has 0 aromatic heterocycles. The summed E-state index contributed by atoms with van der Waals surface area (Å²) in [6, 6.07) is 12.6. The quantitative estimate of drug-likeness (QED) is 0.878. The van der Waals surface area contributed by atoms with Gasteiger partial charge in [-0.25, -0.2) is 4.79 Å². The molecule has 0 amide bonds. The third-order valence-corrected chi connectivity index (χ3v) is 2.90. The van der Waals surface area contributed by atoms with Crippen molar-refractivity contribution in [2.75, 3.05) is 13.2 Å². The van der Waals surface area contributed by atoms with Crippen molar-refractivity contribution < 1.29 is 19.7 Å². The average Bonchev–Trinajstić information content (AvgIpc) is 2.45. The molecule has 4 heteroatoms. The molecule has 0 heterocycles. The second kappa shape index (κ2) is 6.21. The van der Waals surface area contributed by atoms with E-state index in [2.05, 4.69) is 0 Å². The first-order valence-electron chi connectivity index (χ1n) is 6.29. The van der Waals surface area contributed by atoms with Crippen LogP contribution in [0.25, 0.3) is 11.1 Å². The largest absolute Gasteiger partial charge is 0.491 e. The Labute approximate surface area is 117 Å². The Hall–Kier alpha value is -2.33. The molecule has 0 saturated heterocycles. The summed E-state index contributed by atoms with van der Waals surface area (Å²) in [4.78, 5) is 11.2. The van der Waals surface area contributed by atoms with Gasteiger partial charge in [-0.05, 0) is 36.2 Å². The van der Waals surface area contributed by atoms with E-state index in [0.29, 0.717) is 5.75 Å². The van der Waals surface area contributed by atoms with E-state index in [1.54, 1.807) is 12.1 Å². The highest BCUT2D eigenvalue weighted by Crippen LogP contribution is 2.26. The van der Waals surface area contributed by atoms with E-state index in [0.717, 1.165) is 16.7 Å². The van der Waals surface area contributed by atoms with Gasteiger partial charge in [-0.1, -0.05) is 29.8 Å². The van der Waals surface area contributed by atoms with Gasteiger partial charge in [-0.15, -0.1) is 0 Å². The molecule has 0 spiro atoms. The third kappa shape index (κ3) is 3.36. The van der Waals surface area contributed by atoms with Crippen molar-refractivity contribution in [3.05, 3.63) is 53.6 Å². The fourth-order valence-corrected chi connectivity index (χ4v) is 1.88.